The van der Waals surface area contributed by atoms with Gasteiger partial charge < -0.3 is 0 Å². The van der Waals surface area contributed by atoms with Crippen molar-refractivity contribution in [2.45, 2.75) is 25.4 Å². The van der Waals surface area contributed by atoms with Crippen LogP contribution in [-0.4, -0.2) is 23.4 Å². The lowest BCUT2D eigenvalue weighted by atomic mass is 10.2. The third kappa shape index (κ3) is 4.24. The van der Waals surface area contributed by atoms with E-state index >= 15 is 0 Å². The normalized spacial score (nSPS) is 17.9. The summed E-state index contributed by atoms with van der Waals surface area (Å²) in [4.78, 5) is 14.7. The fraction of sp³-hybridized carbons (Fsp3) is 0.278. The van der Waals surface area contributed by atoms with Gasteiger partial charge in [0.25, 0.3) is 5.91 Å². The minimum atomic E-state index is -0.0955. The first-order valence-electron chi connectivity index (χ1n) is 7.82. The monoisotopic (exact) mass is 329 g/mol. The number of carbonyl (C=O) groups excluding carboxylic acids is 1. The maximum atomic E-state index is 12.5. The van der Waals surface area contributed by atoms with Gasteiger partial charge in [-0.1, -0.05) is 48.0 Å². The summed E-state index contributed by atoms with van der Waals surface area (Å²) in [5, 5.41) is 0.635. The predicted octanol–water partition coefficient (Wildman–Crippen LogP) is 3.45. The Labute approximate surface area is 141 Å². The van der Waals surface area contributed by atoms with Crippen LogP contribution in [0.5, 0.6) is 0 Å². The van der Waals surface area contributed by atoms with Gasteiger partial charge in [0.15, 0.2) is 0 Å². The van der Waals surface area contributed by atoms with E-state index in [9.17, 15) is 4.79 Å². The van der Waals surface area contributed by atoms with E-state index in [-0.39, 0.29) is 11.9 Å². The zero-order valence-corrected chi connectivity index (χ0v) is 13.6. The number of nitrogens with zero attached hydrogens (tertiary/aromatic N) is 1. The van der Waals surface area contributed by atoms with Crippen molar-refractivity contribution in [3.05, 3.63) is 65.2 Å². The molecule has 3 rings (SSSR count). The Kier molecular flexibility index (Phi) is 5.16. The van der Waals surface area contributed by atoms with Gasteiger partial charge in [-0.25, -0.2) is 0 Å². The molecule has 2 aromatic rings. The summed E-state index contributed by atoms with van der Waals surface area (Å²) in [5.74, 6) is -0.00148. The number of benzene rings is 2. The number of hydrazine groups is 1. The fourth-order valence-corrected chi connectivity index (χ4v) is 3.10. The topological polar surface area (TPSA) is 44.4 Å². The van der Waals surface area contributed by atoms with Gasteiger partial charge in [0, 0.05) is 11.6 Å². The van der Waals surface area contributed by atoms with Crippen molar-refractivity contribution >= 4 is 23.2 Å². The number of halogens is 1. The van der Waals surface area contributed by atoms with Crippen LogP contribution in [0.1, 0.15) is 18.4 Å². The Morgan fingerprint density at radius 3 is 2.78 bits per heavy atom. The molecule has 1 heterocycles. The van der Waals surface area contributed by atoms with Crippen molar-refractivity contribution in [1.82, 2.24) is 10.3 Å². The molecule has 0 aromatic heterocycles. The fourth-order valence-electron chi connectivity index (χ4n) is 2.91. The molecule has 1 aliphatic heterocycles. The van der Waals surface area contributed by atoms with E-state index in [4.69, 9.17) is 11.6 Å². The first kappa shape index (κ1) is 15.8. The molecule has 1 fully saturated rings. The molecule has 0 radical (unpaired) electrons. The van der Waals surface area contributed by atoms with E-state index in [0.717, 1.165) is 31.6 Å². The van der Waals surface area contributed by atoms with Crippen LogP contribution in [0, 0.1) is 0 Å². The molecule has 1 saturated heterocycles. The van der Waals surface area contributed by atoms with Crippen molar-refractivity contribution in [3.63, 3.8) is 0 Å². The number of amides is 1. The lowest BCUT2D eigenvalue weighted by Gasteiger charge is -2.24. The van der Waals surface area contributed by atoms with Crippen LogP contribution in [0.25, 0.3) is 0 Å². The Balaban J connectivity index is 1.57. The van der Waals surface area contributed by atoms with Crippen LogP contribution < -0.4 is 10.9 Å². The SMILES string of the molecule is O=C(NNc1cccc(Cl)c1)[C@@H]1CCCN1Cc1ccccc1. The molecule has 4 nitrogen and oxygen atoms in total. The van der Waals surface area contributed by atoms with Gasteiger partial charge in [0.1, 0.15) is 0 Å². The molecule has 0 bridgehead atoms. The number of carbonyl (C=O) groups is 1. The summed E-state index contributed by atoms with van der Waals surface area (Å²) < 4.78 is 0. The Bertz CT molecular complexity index is 662. The molecular formula is C18H20ClN3O. The molecule has 1 aliphatic rings. The van der Waals surface area contributed by atoms with E-state index in [1.54, 1.807) is 12.1 Å². The standard InChI is InChI=1S/C18H20ClN3O/c19-15-8-4-9-16(12-15)20-21-18(23)17-10-5-11-22(17)13-14-6-2-1-3-7-14/h1-4,6-9,12,17,20H,5,10-11,13H2,(H,21,23)/t17-/m0/s1. The quantitative estimate of drug-likeness (QED) is 0.826. The lowest BCUT2D eigenvalue weighted by Crippen LogP contribution is -2.44. The van der Waals surface area contributed by atoms with Gasteiger partial charge in [0.2, 0.25) is 0 Å². The van der Waals surface area contributed by atoms with Gasteiger partial charge in [-0.3, -0.25) is 20.5 Å². The zero-order chi connectivity index (χ0) is 16.1. The number of anilines is 1. The molecule has 5 heteroatoms. The number of rotatable bonds is 5. The van der Waals surface area contributed by atoms with Gasteiger partial charge in [-0.05, 0) is 43.1 Å². The molecule has 0 saturated carbocycles. The second-order valence-corrected chi connectivity index (χ2v) is 6.18. The number of hydrogen-bond acceptors (Lipinski definition) is 3. The third-order valence-corrected chi connectivity index (χ3v) is 4.28. The van der Waals surface area contributed by atoms with Crippen LogP contribution in [0.2, 0.25) is 5.02 Å². The maximum Gasteiger partial charge on any atom is 0.255 e. The average molecular weight is 330 g/mol. The molecule has 2 aromatic carbocycles. The minimum absolute atomic E-state index is 0.00148. The van der Waals surface area contributed by atoms with Gasteiger partial charge >= 0.3 is 0 Å². The van der Waals surface area contributed by atoms with Crippen LogP contribution in [0.4, 0.5) is 5.69 Å². The molecule has 2 N–H and O–H groups in total. The third-order valence-electron chi connectivity index (χ3n) is 4.05. The summed E-state index contributed by atoms with van der Waals surface area (Å²) in [6.07, 6.45) is 1.93. The summed E-state index contributed by atoms with van der Waals surface area (Å²) in [6, 6.07) is 17.4. The van der Waals surface area contributed by atoms with Crippen molar-refractivity contribution in [1.29, 1.82) is 0 Å². The van der Waals surface area contributed by atoms with Crippen LogP contribution in [0.15, 0.2) is 54.6 Å². The number of nitrogens with one attached hydrogen (secondary N) is 2. The number of hydrogen-bond donors (Lipinski definition) is 2. The summed E-state index contributed by atoms with van der Waals surface area (Å²) >= 11 is 5.94. The molecule has 0 spiro atoms. The Hall–Kier alpha value is -2.04. The van der Waals surface area contributed by atoms with Crippen molar-refractivity contribution in [2.75, 3.05) is 12.0 Å². The molecule has 120 valence electrons. The first-order valence-corrected chi connectivity index (χ1v) is 8.19. The maximum absolute atomic E-state index is 12.5. The highest BCUT2D eigenvalue weighted by Crippen LogP contribution is 2.20. The van der Waals surface area contributed by atoms with Crippen LogP contribution in [0.3, 0.4) is 0 Å². The highest BCUT2D eigenvalue weighted by atomic mass is 35.5. The minimum Gasteiger partial charge on any atom is -0.299 e. The van der Waals surface area contributed by atoms with E-state index in [1.807, 2.05) is 30.3 Å². The molecule has 1 amide bonds. The number of likely N-dealkylation sites (tertiary alicyclic amines) is 1. The summed E-state index contributed by atoms with van der Waals surface area (Å²) in [7, 11) is 0. The van der Waals surface area contributed by atoms with E-state index in [2.05, 4.69) is 27.9 Å². The van der Waals surface area contributed by atoms with Crippen molar-refractivity contribution in [3.8, 4) is 0 Å². The van der Waals surface area contributed by atoms with Crippen LogP contribution in [-0.2, 0) is 11.3 Å². The first-order chi connectivity index (χ1) is 11.2. The van der Waals surface area contributed by atoms with Crippen molar-refractivity contribution in [2.24, 2.45) is 0 Å². The summed E-state index contributed by atoms with van der Waals surface area (Å²) in [6.45, 7) is 1.75. The van der Waals surface area contributed by atoms with Gasteiger partial charge in [-0.2, -0.15) is 0 Å². The highest BCUT2D eigenvalue weighted by molar-refractivity contribution is 6.30. The van der Waals surface area contributed by atoms with E-state index in [1.165, 1.54) is 5.56 Å². The molecular weight excluding hydrogens is 310 g/mol. The van der Waals surface area contributed by atoms with Crippen molar-refractivity contribution < 1.29 is 4.79 Å². The van der Waals surface area contributed by atoms with Gasteiger partial charge in [-0.15, -0.1) is 0 Å². The molecule has 23 heavy (non-hydrogen) atoms. The van der Waals surface area contributed by atoms with Crippen LogP contribution >= 0.6 is 11.6 Å². The Morgan fingerprint density at radius 2 is 2.00 bits per heavy atom. The molecule has 1 atom stereocenters. The van der Waals surface area contributed by atoms with E-state index in [0.29, 0.717) is 5.02 Å². The smallest absolute Gasteiger partial charge is 0.255 e. The lowest BCUT2D eigenvalue weighted by molar-refractivity contribution is -0.125. The summed E-state index contributed by atoms with van der Waals surface area (Å²) in [5.41, 5.74) is 7.74. The van der Waals surface area contributed by atoms with E-state index < -0.39 is 0 Å². The highest BCUT2D eigenvalue weighted by Gasteiger charge is 2.30. The van der Waals surface area contributed by atoms with Gasteiger partial charge in [0.05, 0.1) is 11.7 Å². The second-order valence-electron chi connectivity index (χ2n) is 5.74. The Morgan fingerprint density at radius 1 is 1.17 bits per heavy atom. The molecule has 0 aliphatic carbocycles. The predicted molar refractivity (Wildman–Crippen MR) is 93.1 cm³/mol. The zero-order valence-electron chi connectivity index (χ0n) is 12.8. The average Bonchev–Trinajstić information content (AvgIpc) is 3.02. The molecule has 0 unspecified atom stereocenters. The second kappa shape index (κ2) is 7.49. The largest absolute Gasteiger partial charge is 0.299 e.